The molecule has 23 heavy (non-hydrogen) atoms. The Morgan fingerprint density at radius 2 is 1.83 bits per heavy atom. The molecule has 1 aromatic heterocycles. The molecule has 0 bridgehead atoms. The van der Waals surface area contributed by atoms with E-state index in [1.54, 1.807) is 23.1 Å². The Labute approximate surface area is 143 Å². The molecule has 1 atom stereocenters. The number of fused-ring (bicyclic) bond motifs is 1. The van der Waals surface area contributed by atoms with E-state index in [9.17, 15) is 4.79 Å². The summed E-state index contributed by atoms with van der Waals surface area (Å²) in [4.78, 5) is 19.1. The number of anilines is 1. The minimum atomic E-state index is 0.0178. The second kappa shape index (κ2) is 5.65. The lowest BCUT2D eigenvalue weighted by Gasteiger charge is -2.24. The van der Waals surface area contributed by atoms with Crippen LogP contribution >= 0.6 is 23.1 Å². The van der Waals surface area contributed by atoms with E-state index in [1.165, 1.54) is 16.7 Å². The van der Waals surface area contributed by atoms with E-state index < -0.39 is 0 Å². The Morgan fingerprint density at radius 3 is 2.57 bits per heavy atom. The van der Waals surface area contributed by atoms with Gasteiger partial charge in [-0.25, -0.2) is 4.98 Å². The van der Waals surface area contributed by atoms with Gasteiger partial charge in [0.2, 0.25) is 5.91 Å². The van der Waals surface area contributed by atoms with Gasteiger partial charge in [0.15, 0.2) is 5.13 Å². The molecule has 2 heterocycles. The summed E-state index contributed by atoms with van der Waals surface area (Å²) in [5.41, 5.74) is 4.65. The predicted molar refractivity (Wildman–Crippen MR) is 98.2 cm³/mol. The fourth-order valence-electron chi connectivity index (χ4n) is 3.02. The highest BCUT2D eigenvalue weighted by molar-refractivity contribution is 8.00. The number of thioether (sulfide) groups is 1. The summed E-state index contributed by atoms with van der Waals surface area (Å²) in [5, 5.41) is 0.818. The number of benzene rings is 2. The zero-order chi connectivity index (χ0) is 16.0. The van der Waals surface area contributed by atoms with Crippen LogP contribution in [0.5, 0.6) is 0 Å². The maximum atomic E-state index is 12.5. The summed E-state index contributed by atoms with van der Waals surface area (Å²) in [6.45, 7) is 4.23. The average Bonchev–Trinajstić information content (AvgIpc) is 3.10. The van der Waals surface area contributed by atoms with E-state index in [4.69, 9.17) is 4.98 Å². The first kappa shape index (κ1) is 14.7. The van der Waals surface area contributed by atoms with Crippen molar-refractivity contribution in [2.75, 3.05) is 10.7 Å². The van der Waals surface area contributed by atoms with Crippen molar-refractivity contribution < 1.29 is 4.79 Å². The maximum Gasteiger partial charge on any atom is 0.240 e. The standard InChI is InChI=1S/C18H16N2OS2/c1-11-6-5-7-12(2)16(11)17-20(15(21)10-22-17)18-19-13-8-3-4-9-14(13)23-18/h3-9,17H,10H2,1-2H3. The third-order valence-corrected chi connectivity index (χ3v) is 6.36. The molecule has 1 aliphatic rings. The number of nitrogens with zero attached hydrogens (tertiary/aromatic N) is 2. The lowest BCUT2D eigenvalue weighted by Crippen LogP contribution is -2.28. The Kier molecular flexibility index (Phi) is 3.62. The first-order valence-electron chi connectivity index (χ1n) is 7.50. The third kappa shape index (κ3) is 2.44. The van der Waals surface area contributed by atoms with Crippen molar-refractivity contribution in [2.45, 2.75) is 19.2 Å². The SMILES string of the molecule is Cc1cccc(C)c1C1SCC(=O)N1c1nc2ccccc2s1. The normalized spacial score (nSPS) is 18.1. The Hall–Kier alpha value is -1.85. The number of carbonyl (C=O) groups is 1. The van der Waals surface area contributed by atoms with E-state index in [-0.39, 0.29) is 11.3 Å². The quantitative estimate of drug-likeness (QED) is 0.678. The van der Waals surface area contributed by atoms with E-state index in [2.05, 4.69) is 38.1 Å². The average molecular weight is 340 g/mol. The van der Waals surface area contributed by atoms with Gasteiger partial charge in [0.25, 0.3) is 0 Å². The molecule has 1 saturated heterocycles. The molecule has 3 aromatic rings. The minimum Gasteiger partial charge on any atom is -0.273 e. The summed E-state index contributed by atoms with van der Waals surface area (Å²) in [6, 6.07) is 14.3. The minimum absolute atomic E-state index is 0.0178. The predicted octanol–water partition coefficient (Wildman–Crippen LogP) is 4.69. The summed E-state index contributed by atoms with van der Waals surface area (Å²) in [5.74, 6) is 0.649. The van der Waals surface area contributed by atoms with Gasteiger partial charge in [0, 0.05) is 0 Å². The van der Waals surface area contributed by atoms with Gasteiger partial charge in [-0.3, -0.25) is 9.69 Å². The fraction of sp³-hybridized carbons (Fsp3) is 0.222. The van der Waals surface area contributed by atoms with Crippen LogP contribution in [0.2, 0.25) is 0 Å². The van der Waals surface area contributed by atoms with Gasteiger partial charge >= 0.3 is 0 Å². The number of aromatic nitrogens is 1. The summed E-state index contributed by atoms with van der Waals surface area (Å²) >= 11 is 3.28. The summed E-state index contributed by atoms with van der Waals surface area (Å²) in [7, 11) is 0. The van der Waals surface area contributed by atoms with Gasteiger partial charge < -0.3 is 0 Å². The molecule has 1 aliphatic heterocycles. The third-order valence-electron chi connectivity index (χ3n) is 4.15. The van der Waals surface area contributed by atoms with Gasteiger partial charge in [0.05, 0.1) is 16.0 Å². The van der Waals surface area contributed by atoms with Gasteiger partial charge in [-0.15, -0.1) is 11.8 Å². The highest BCUT2D eigenvalue weighted by atomic mass is 32.2. The summed E-state index contributed by atoms with van der Waals surface area (Å²) in [6.07, 6.45) is 0. The van der Waals surface area contributed by atoms with Crippen LogP contribution in [0.3, 0.4) is 0 Å². The molecule has 0 spiro atoms. The number of amides is 1. The van der Waals surface area contributed by atoms with Crippen molar-refractivity contribution in [3.63, 3.8) is 0 Å². The number of para-hydroxylation sites is 1. The summed E-state index contributed by atoms with van der Waals surface area (Å²) < 4.78 is 1.12. The van der Waals surface area contributed by atoms with Crippen LogP contribution in [0.4, 0.5) is 5.13 Å². The highest BCUT2D eigenvalue weighted by Crippen LogP contribution is 2.45. The van der Waals surface area contributed by atoms with E-state index >= 15 is 0 Å². The van der Waals surface area contributed by atoms with E-state index in [0.717, 1.165) is 15.3 Å². The molecular weight excluding hydrogens is 324 g/mol. The fourth-order valence-corrected chi connectivity index (χ4v) is 5.45. The molecular formula is C18H16N2OS2. The van der Waals surface area contributed by atoms with Crippen LogP contribution in [0, 0.1) is 13.8 Å². The molecule has 4 rings (SSSR count). The van der Waals surface area contributed by atoms with Crippen molar-refractivity contribution in [1.82, 2.24) is 4.98 Å². The highest BCUT2D eigenvalue weighted by Gasteiger charge is 2.37. The largest absolute Gasteiger partial charge is 0.273 e. The Balaban J connectivity index is 1.83. The zero-order valence-corrected chi connectivity index (χ0v) is 14.6. The molecule has 1 amide bonds. The topological polar surface area (TPSA) is 33.2 Å². The van der Waals surface area contributed by atoms with Crippen molar-refractivity contribution in [3.8, 4) is 0 Å². The molecule has 116 valence electrons. The van der Waals surface area contributed by atoms with Crippen LogP contribution < -0.4 is 4.90 Å². The van der Waals surface area contributed by atoms with Crippen LogP contribution in [0.25, 0.3) is 10.2 Å². The second-order valence-corrected chi connectivity index (χ2v) is 7.77. The first-order valence-corrected chi connectivity index (χ1v) is 9.37. The van der Waals surface area contributed by atoms with Crippen molar-refractivity contribution >= 4 is 44.4 Å². The molecule has 1 unspecified atom stereocenters. The molecule has 0 aliphatic carbocycles. The van der Waals surface area contributed by atoms with Crippen molar-refractivity contribution in [3.05, 3.63) is 59.2 Å². The van der Waals surface area contributed by atoms with Crippen LogP contribution in [0.1, 0.15) is 22.1 Å². The molecule has 0 saturated carbocycles. The number of aryl methyl sites for hydroxylation is 2. The molecule has 0 N–H and O–H groups in total. The van der Waals surface area contributed by atoms with Gasteiger partial charge in [-0.05, 0) is 42.7 Å². The molecule has 3 nitrogen and oxygen atoms in total. The van der Waals surface area contributed by atoms with Crippen LogP contribution in [0.15, 0.2) is 42.5 Å². The number of rotatable bonds is 2. The van der Waals surface area contributed by atoms with Gasteiger partial charge in [0.1, 0.15) is 5.37 Å². The van der Waals surface area contributed by atoms with Gasteiger partial charge in [-0.1, -0.05) is 41.7 Å². The molecule has 1 fully saturated rings. The van der Waals surface area contributed by atoms with Crippen molar-refractivity contribution in [2.24, 2.45) is 0 Å². The Bertz CT molecular complexity index is 850. The number of hydrogen-bond acceptors (Lipinski definition) is 4. The lowest BCUT2D eigenvalue weighted by molar-refractivity contribution is -0.115. The first-order chi connectivity index (χ1) is 11.1. The zero-order valence-electron chi connectivity index (χ0n) is 12.9. The molecule has 0 radical (unpaired) electrons. The lowest BCUT2D eigenvalue weighted by atomic mass is 10.0. The molecule has 5 heteroatoms. The molecule has 2 aromatic carbocycles. The number of carbonyl (C=O) groups excluding carboxylic acids is 1. The van der Waals surface area contributed by atoms with E-state index in [0.29, 0.717) is 5.75 Å². The monoisotopic (exact) mass is 340 g/mol. The van der Waals surface area contributed by atoms with Gasteiger partial charge in [-0.2, -0.15) is 0 Å². The van der Waals surface area contributed by atoms with Crippen molar-refractivity contribution in [1.29, 1.82) is 0 Å². The van der Waals surface area contributed by atoms with Crippen LogP contribution in [-0.4, -0.2) is 16.6 Å². The van der Waals surface area contributed by atoms with Crippen LogP contribution in [-0.2, 0) is 4.79 Å². The Morgan fingerprint density at radius 1 is 1.09 bits per heavy atom. The second-order valence-electron chi connectivity index (χ2n) is 5.70. The maximum absolute atomic E-state index is 12.5. The number of hydrogen-bond donors (Lipinski definition) is 0. The smallest absolute Gasteiger partial charge is 0.240 e. The van der Waals surface area contributed by atoms with E-state index in [1.807, 2.05) is 23.1 Å². The number of thiazole rings is 1.